The number of hydrogen-bond acceptors (Lipinski definition) is 5. The first kappa shape index (κ1) is 22.6. The van der Waals surface area contributed by atoms with E-state index in [0.29, 0.717) is 22.0 Å². The molecule has 10 heteroatoms. The van der Waals surface area contributed by atoms with Gasteiger partial charge in [-0.1, -0.05) is 23.7 Å². The Balaban J connectivity index is 1.92. The highest BCUT2D eigenvalue weighted by atomic mass is 35.5. The number of rotatable bonds is 5. The topological polar surface area (TPSA) is 61.5 Å². The third-order valence-corrected chi connectivity index (χ3v) is 5.16. The van der Waals surface area contributed by atoms with Gasteiger partial charge >= 0.3 is 6.18 Å². The van der Waals surface area contributed by atoms with Crippen LogP contribution < -0.4 is 4.74 Å². The predicted molar refractivity (Wildman–Crippen MR) is 115 cm³/mol. The van der Waals surface area contributed by atoms with E-state index in [1.54, 1.807) is 23.4 Å². The Labute approximate surface area is 186 Å². The third kappa shape index (κ3) is 5.16. The number of aryl methyl sites for hydroxylation is 1. The highest BCUT2D eigenvalue weighted by Gasteiger charge is 2.30. The standard InChI is InChI=1S/C21H16ClF3N4OS/c1-12-8-17(27-11-29(2)3)16(22)9-18(12)30-20-15(10-26)19(28-31-20)13-4-6-14(7-5-13)21(23,24)25/h4-9,11H,1-3H3/b27-11-. The Morgan fingerprint density at radius 3 is 2.48 bits per heavy atom. The van der Waals surface area contributed by atoms with E-state index in [4.69, 9.17) is 16.3 Å². The fourth-order valence-corrected chi connectivity index (χ4v) is 3.53. The minimum absolute atomic E-state index is 0.134. The van der Waals surface area contributed by atoms with Crippen LogP contribution in [0.25, 0.3) is 11.3 Å². The summed E-state index contributed by atoms with van der Waals surface area (Å²) >= 11 is 7.23. The first-order chi connectivity index (χ1) is 14.6. The van der Waals surface area contributed by atoms with Crippen LogP contribution >= 0.6 is 23.1 Å². The van der Waals surface area contributed by atoms with Crippen molar-refractivity contribution < 1.29 is 17.9 Å². The lowest BCUT2D eigenvalue weighted by atomic mass is 10.1. The van der Waals surface area contributed by atoms with Crippen molar-refractivity contribution in [2.24, 2.45) is 4.99 Å². The van der Waals surface area contributed by atoms with E-state index in [2.05, 4.69) is 9.37 Å². The van der Waals surface area contributed by atoms with Gasteiger partial charge in [0.05, 0.1) is 22.6 Å². The first-order valence-electron chi connectivity index (χ1n) is 8.86. The molecule has 1 aromatic heterocycles. The fraction of sp³-hybridized carbons (Fsp3) is 0.190. The molecular formula is C21H16ClF3N4OS. The molecule has 0 aliphatic carbocycles. The van der Waals surface area contributed by atoms with Crippen LogP contribution in [-0.4, -0.2) is 29.7 Å². The van der Waals surface area contributed by atoms with Gasteiger partial charge in [-0.3, -0.25) is 0 Å². The molecule has 0 aliphatic heterocycles. The summed E-state index contributed by atoms with van der Waals surface area (Å²) in [6, 6.07) is 9.83. The normalized spacial score (nSPS) is 11.5. The molecule has 0 amide bonds. The summed E-state index contributed by atoms with van der Waals surface area (Å²) in [7, 11) is 3.67. The van der Waals surface area contributed by atoms with E-state index in [1.807, 2.05) is 27.1 Å². The van der Waals surface area contributed by atoms with Crippen molar-refractivity contribution in [1.82, 2.24) is 9.27 Å². The maximum absolute atomic E-state index is 12.8. The molecule has 5 nitrogen and oxygen atoms in total. The molecule has 0 atom stereocenters. The summed E-state index contributed by atoms with van der Waals surface area (Å²) in [6.07, 6.45) is -2.82. The van der Waals surface area contributed by atoms with Gasteiger partial charge in [0, 0.05) is 37.3 Å². The number of halogens is 4. The predicted octanol–water partition coefficient (Wildman–Crippen LogP) is 6.68. The number of hydrogen-bond donors (Lipinski definition) is 0. The summed E-state index contributed by atoms with van der Waals surface area (Å²) < 4.78 is 48.5. The monoisotopic (exact) mass is 464 g/mol. The summed E-state index contributed by atoms with van der Waals surface area (Å²) in [6.45, 7) is 1.81. The van der Waals surface area contributed by atoms with Crippen molar-refractivity contribution in [2.75, 3.05) is 14.1 Å². The SMILES string of the molecule is Cc1cc(/N=C\N(C)C)c(Cl)cc1Oc1snc(-c2ccc(C(F)(F)F)cc2)c1C#N. The van der Waals surface area contributed by atoms with Crippen molar-refractivity contribution in [3.8, 4) is 28.1 Å². The molecule has 1 heterocycles. The summed E-state index contributed by atoms with van der Waals surface area (Å²) in [5.41, 5.74) is 1.31. The number of alkyl halides is 3. The van der Waals surface area contributed by atoms with Crippen LogP contribution in [0.2, 0.25) is 5.02 Å². The van der Waals surface area contributed by atoms with Gasteiger partial charge in [0.25, 0.3) is 0 Å². The summed E-state index contributed by atoms with van der Waals surface area (Å²) in [4.78, 5) is 6.06. The van der Waals surface area contributed by atoms with Crippen LogP contribution in [-0.2, 0) is 6.18 Å². The molecule has 3 aromatic rings. The smallest absolute Gasteiger partial charge is 0.416 e. The maximum Gasteiger partial charge on any atom is 0.416 e. The van der Waals surface area contributed by atoms with Crippen molar-refractivity contribution in [1.29, 1.82) is 5.26 Å². The van der Waals surface area contributed by atoms with Crippen molar-refractivity contribution in [3.05, 3.63) is 58.1 Å². The van der Waals surface area contributed by atoms with E-state index in [-0.39, 0.29) is 16.3 Å². The van der Waals surface area contributed by atoms with Crippen molar-refractivity contribution >= 4 is 35.2 Å². The Hall–Kier alpha value is -3.09. The molecular weight excluding hydrogens is 449 g/mol. The highest BCUT2D eigenvalue weighted by Crippen LogP contribution is 2.40. The number of ether oxygens (including phenoxy) is 1. The molecule has 0 bridgehead atoms. The quantitative estimate of drug-likeness (QED) is 0.312. The summed E-state index contributed by atoms with van der Waals surface area (Å²) in [5, 5.41) is 10.2. The van der Waals surface area contributed by atoms with Crippen LogP contribution in [0.1, 0.15) is 16.7 Å². The van der Waals surface area contributed by atoms with Gasteiger partial charge in [-0.05, 0) is 30.7 Å². The van der Waals surface area contributed by atoms with Crippen LogP contribution in [0.4, 0.5) is 18.9 Å². The lowest BCUT2D eigenvalue weighted by Gasteiger charge is -2.10. The van der Waals surface area contributed by atoms with Crippen molar-refractivity contribution in [3.63, 3.8) is 0 Å². The van der Waals surface area contributed by atoms with E-state index < -0.39 is 11.7 Å². The lowest BCUT2D eigenvalue weighted by molar-refractivity contribution is -0.137. The number of nitriles is 1. The van der Waals surface area contributed by atoms with Crippen LogP contribution in [0.15, 0.2) is 41.4 Å². The molecule has 0 saturated heterocycles. The zero-order chi connectivity index (χ0) is 22.8. The molecule has 0 radical (unpaired) electrons. The molecule has 31 heavy (non-hydrogen) atoms. The van der Waals surface area contributed by atoms with E-state index >= 15 is 0 Å². The van der Waals surface area contributed by atoms with E-state index in [9.17, 15) is 18.4 Å². The van der Waals surface area contributed by atoms with Crippen molar-refractivity contribution in [2.45, 2.75) is 13.1 Å². The third-order valence-electron chi connectivity index (χ3n) is 4.13. The van der Waals surface area contributed by atoms with E-state index in [0.717, 1.165) is 29.2 Å². The number of aromatic nitrogens is 1. The average molecular weight is 465 g/mol. The lowest BCUT2D eigenvalue weighted by Crippen LogP contribution is -2.07. The van der Waals surface area contributed by atoms with Gasteiger partial charge in [-0.2, -0.15) is 22.8 Å². The van der Waals surface area contributed by atoms with Crippen LogP contribution in [0.3, 0.4) is 0 Å². The fourth-order valence-electron chi connectivity index (χ4n) is 2.59. The number of nitrogens with zero attached hydrogens (tertiary/aromatic N) is 4. The molecule has 0 fully saturated rings. The van der Waals surface area contributed by atoms with Gasteiger partial charge in [0.1, 0.15) is 23.1 Å². The molecule has 3 rings (SSSR count). The first-order valence-corrected chi connectivity index (χ1v) is 10.0. The zero-order valence-electron chi connectivity index (χ0n) is 16.7. The molecule has 0 unspecified atom stereocenters. The molecule has 0 N–H and O–H groups in total. The Morgan fingerprint density at radius 1 is 1.23 bits per heavy atom. The highest BCUT2D eigenvalue weighted by molar-refractivity contribution is 7.08. The van der Waals surface area contributed by atoms with Gasteiger partial charge in [0.2, 0.25) is 5.06 Å². The zero-order valence-corrected chi connectivity index (χ0v) is 18.2. The summed E-state index contributed by atoms with van der Waals surface area (Å²) in [5.74, 6) is 0.424. The number of benzene rings is 2. The van der Waals surface area contributed by atoms with Crippen LogP contribution in [0.5, 0.6) is 10.8 Å². The van der Waals surface area contributed by atoms with Gasteiger partial charge < -0.3 is 9.64 Å². The largest absolute Gasteiger partial charge is 0.443 e. The Morgan fingerprint density at radius 2 is 1.90 bits per heavy atom. The average Bonchev–Trinajstić information content (AvgIpc) is 3.11. The second kappa shape index (κ2) is 8.96. The minimum Gasteiger partial charge on any atom is -0.443 e. The van der Waals surface area contributed by atoms with Gasteiger partial charge in [0.15, 0.2) is 0 Å². The Kier molecular flexibility index (Phi) is 6.53. The molecule has 0 aliphatic rings. The van der Waals surface area contributed by atoms with Crippen LogP contribution in [0, 0.1) is 18.3 Å². The molecule has 160 valence electrons. The van der Waals surface area contributed by atoms with Gasteiger partial charge in [-0.25, -0.2) is 4.99 Å². The van der Waals surface area contributed by atoms with E-state index in [1.165, 1.54) is 12.1 Å². The van der Waals surface area contributed by atoms with Gasteiger partial charge in [-0.15, -0.1) is 0 Å². The Bertz CT molecular complexity index is 1170. The molecule has 0 spiro atoms. The molecule has 0 saturated carbocycles. The minimum atomic E-state index is -4.44. The number of aliphatic imine (C=N–C) groups is 1. The molecule has 2 aromatic carbocycles. The maximum atomic E-state index is 12.8. The second-order valence-electron chi connectivity index (χ2n) is 6.76. The second-order valence-corrected chi connectivity index (χ2v) is 7.90.